The summed E-state index contributed by atoms with van der Waals surface area (Å²) >= 11 is 0. The van der Waals surface area contributed by atoms with Gasteiger partial charge in [0.05, 0.1) is 24.0 Å². The van der Waals surface area contributed by atoms with Gasteiger partial charge in [0.15, 0.2) is 0 Å². The number of amides is 1. The minimum atomic E-state index is -4.55. The molecule has 0 bridgehead atoms. The van der Waals surface area contributed by atoms with Gasteiger partial charge in [-0.1, -0.05) is 12.1 Å². The second-order valence-electron chi connectivity index (χ2n) is 6.76. The third kappa shape index (κ3) is 5.88. The predicted octanol–water partition coefficient (Wildman–Crippen LogP) is 3.44. The van der Waals surface area contributed by atoms with E-state index in [0.717, 1.165) is 4.90 Å². The number of rotatable bonds is 7. The molecule has 1 aromatic heterocycles. The molecular weight excluding hydrogens is 390 g/mol. The predicted molar refractivity (Wildman–Crippen MR) is 94.9 cm³/mol. The zero-order valence-corrected chi connectivity index (χ0v) is 15.2. The fraction of sp³-hybridized carbons (Fsp3) is 0.368. The summed E-state index contributed by atoms with van der Waals surface area (Å²) in [5.74, 6) is -1.37. The highest BCUT2D eigenvalue weighted by Gasteiger charge is 2.40. The maximum atomic E-state index is 13.3. The van der Waals surface area contributed by atoms with E-state index < -0.39 is 36.4 Å². The van der Waals surface area contributed by atoms with Crippen LogP contribution in [-0.2, 0) is 4.79 Å². The third-order valence-corrected chi connectivity index (χ3v) is 4.37. The van der Waals surface area contributed by atoms with Crippen LogP contribution in [0.5, 0.6) is 0 Å². The van der Waals surface area contributed by atoms with Crippen molar-refractivity contribution < 1.29 is 22.4 Å². The second kappa shape index (κ2) is 8.43. The molecule has 1 amide bonds. The van der Waals surface area contributed by atoms with Crippen molar-refractivity contribution in [3.63, 3.8) is 0 Å². The SMILES string of the molecule is N#Cc1cnc(NC(CN(CC(F)(F)F)C(=O)C2CC2)c2ccc(F)cc2)nc1. The molecule has 1 N–H and O–H groups in total. The number of nitrogens with one attached hydrogen (secondary N) is 1. The molecule has 1 aliphatic carbocycles. The number of hydrogen-bond acceptors (Lipinski definition) is 5. The largest absolute Gasteiger partial charge is 0.406 e. The quantitative estimate of drug-likeness (QED) is 0.711. The van der Waals surface area contributed by atoms with Crippen molar-refractivity contribution in [3.05, 3.63) is 53.6 Å². The molecule has 10 heteroatoms. The summed E-state index contributed by atoms with van der Waals surface area (Å²) in [6, 6.07) is 6.26. The molecule has 1 fully saturated rings. The van der Waals surface area contributed by atoms with E-state index in [1.165, 1.54) is 36.7 Å². The fourth-order valence-electron chi connectivity index (χ4n) is 2.80. The number of hydrogen-bond donors (Lipinski definition) is 1. The molecule has 152 valence electrons. The number of benzene rings is 1. The van der Waals surface area contributed by atoms with Crippen LogP contribution in [0.2, 0.25) is 0 Å². The van der Waals surface area contributed by atoms with E-state index in [4.69, 9.17) is 5.26 Å². The van der Waals surface area contributed by atoms with Gasteiger partial charge in [0.25, 0.3) is 0 Å². The Morgan fingerprint density at radius 1 is 1.24 bits per heavy atom. The molecule has 1 aliphatic rings. The summed E-state index contributed by atoms with van der Waals surface area (Å²) in [6.07, 6.45) is -0.885. The van der Waals surface area contributed by atoms with Gasteiger partial charge in [-0.2, -0.15) is 18.4 Å². The molecule has 1 saturated carbocycles. The first kappa shape index (κ1) is 20.5. The first-order chi connectivity index (χ1) is 13.7. The van der Waals surface area contributed by atoms with Crippen molar-refractivity contribution in [2.45, 2.75) is 25.1 Å². The minimum Gasteiger partial charge on any atom is -0.346 e. The Bertz CT molecular complexity index is 889. The highest BCUT2D eigenvalue weighted by atomic mass is 19.4. The molecule has 29 heavy (non-hydrogen) atoms. The van der Waals surface area contributed by atoms with Crippen LogP contribution in [0.3, 0.4) is 0 Å². The average Bonchev–Trinajstić information content (AvgIpc) is 3.52. The molecule has 1 atom stereocenters. The van der Waals surface area contributed by atoms with Gasteiger partial charge >= 0.3 is 6.18 Å². The Kier molecular flexibility index (Phi) is 5.96. The second-order valence-corrected chi connectivity index (χ2v) is 6.76. The van der Waals surface area contributed by atoms with Crippen molar-refractivity contribution in [3.8, 4) is 6.07 Å². The van der Waals surface area contributed by atoms with Crippen LogP contribution in [0.4, 0.5) is 23.5 Å². The topological polar surface area (TPSA) is 81.9 Å². The number of alkyl halides is 3. The molecule has 6 nitrogen and oxygen atoms in total. The number of aromatic nitrogens is 2. The fourth-order valence-corrected chi connectivity index (χ4v) is 2.80. The van der Waals surface area contributed by atoms with E-state index in [-0.39, 0.29) is 18.1 Å². The van der Waals surface area contributed by atoms with E-state index in [2.05, 4.69) is 15.3 Å². The lowest BCUT2D eigenvalue weighted by molar-refractivity contribution is -0.162. The molecular formula is C19H17F4N5O. The molecule has 0 spiro atoms. The van der Waals surface area contributed by atoms with Crippen molar-refractivity contribution >= 4 is 11.9 Å². The van der Waals surface area contributed by atoms with Crippen molar-refractivity contribution in [1.82, 2.24) is 14.9 Å². The maximum Gasteiger partial charge on any atom is 0.406 e. The number of nitriles is 1. The number of nitrogens with zero attached hydrogens (tertiary/aromatic N) is 4. The summed E-state index contributed by atoms with van der Waals surface area (Å²) in [5, 5.41) is 11.7. The number of anilines is 1. The zero-order valence-electron chi connectivity index (χ0n) is 15.2. The van der Waals surface area contributed by atoms with E-state index in [0.29, 0.717) is 18.4 Å². The van der Waals surface area contributed by atoms with Crippen molar-refractivity contribution in [1.29, 1.82) is 5.26 Å². The lowest BCUT2D eigenvalue weighted by Gasteiger charge is -2.29. The van der Waals surface area contributed by atoms with E-state index >= 15 is 0 Å². The number of carbonyl (C=O) groups excluding carboxylic acids is 1. The Morgan fingerprint density at radius 2 is 1.86 bits per heavy atom. The van der Waals surface area contributed by atoms with Crippen molar-refractivity contribution in [2.24, 2.45) is 5.92 Å². The van der Waals surface area contributed by atoms with Crippen LogP contribution in [0.15, 0.2) is 36.7 Å². The Labute approximate surface area is 164 Å². The van der Waals surface area contributed by atoms with Crippen LogP contribution in [0.25, 0.3) is 0 Å². The van der Waals surface area contributed by atoms with Gasteiger partial charge in [0.2, 0.25) is 11.9 Å². The van der Waals surface area contributed by atoms with Gasteiger partial charge in [-0.3, -0.25) is 4.79 Å². The van der Waals surface area contributed by atoms with Crippen LogP contribution >= 0.6 is 0 Å². The van der Waals surface area contributed by atoms with Crippen LogP contribution in [0, 0.1) is 23.1 Å². The first-order valence-corrected chi connectivity index (χ1v) is 8.85. The van der Waals surface area contributed by atoms with E-state index in [1.807, 2.05) is 6.07 Å². The third-order valence-electron chi connectivity index (χ3n) is 4.37. The van der Waals surface area contributed by atoms with E-state index in [1.54, 1.807) is 0 Å². The summed E-state index contributed by atoms with van der Waals surface area (Å²) in [5.41, 5.74) is 0.687. The van der Waals surface area contributed by atoms with Gasteiger partial charge in [-0.05, 0) is 30.5 Å². The molecule has 2 aromatic rings. The number of carbonyl (C=O) groups is 1. The molecule has 3 rings (SSSR count). The van der Waals surface area contributed by atoms with Crippen LogP contribution < -0.4 is 5.32 Å². The lowest BCUT2D eigenvalue weighted by atomic mass is 10.1. The molecule has 1 aromatic carbocycles. The molecule has 0 saturated heterocycles. The molecule has 1 unspecified atom stereocenters. The zero-order chi connectivity index (χ0) is 21.0. The van der Waals surface area contributed by atoms with Crippen molar-refractivity contribution in [2.75, 3.05) is 18.4 Å². The highest BCUT2D eigenvalue weighted by Crippen LogP contribution is 2.33. The smallest absolute Gasteiger partial charge is 0.346 e. The Balaban J connectivity index is 1.86. The number of halogens is 4. The van der Waals surface area contributed by atoms with Gasteiger partial charge in [0, 0.05) is 12.5 Å². The summed E-state index contributed by atoms with van der Waals surface area (Å²) in [6.45, 7) is -1.68. The summed E-state index contributed by atoms with van der Waals surface area (Å²) in [4.78, 5) is 21.1. The Morgan fingerprint density at radius 3 is 2.38 bits per heavy atom. The van der Waals surface area contributed by atoms with Crippen LogP contribution in [0.1, 0.15) is 30.0 Å². The molecule has 1 heterocycles. The van der Waals surface area contributed by atoms with Gasteiger partial charge in [-0.25, -0.2) is 14.4 Å². The standard InChI is InChI=1S/C19H17F4N5O/c20-15-5-3-13(4-6-15)16(27-18-25-8-12(7-24)9-26-18)10-28(11-19(21,22)23)17(29)14-1-2-14/h3-6,8-9,14,16H,1-2,10-11H2,(H,25,26,27). The van der Waals surface area contributed by atoms with Crippen LogP contribution in [-0.4, -0.2) is 40.0 Å². The van der Waals surface area contributed by atoms with Gasteiger partial charge < -0.3 is 10.2 Å². The highest BCUT2D eigenvalue weighted by molar-refractivity contribution is 5.81. The first-order valence-electron chi connectivity index (χ1n) is 8.85. The molecule has 0 aliphatic heterocycles. The minimum absolute atomic E-state index is 0.0733. The average molecular weight is 407 g/mol. The van der Waals surface area contributed by atoms with Gasteiger partial charge in [0.1, 0.15) is 18.4 Å². The van der Waals surface area contributed by atoms with Gasteiger partial charge in [-0.15, -0.1) is 0 Å². The summed E-state index contributed by atoms with van der Waals surface area (Å²) < 4.78 is 52.4. The monoisotopic (exact) mass is 407 g/mol. The normalized spacial score (nSPS) is 14.7. The van der Waals surface area contributed by atoms with E-state index in [9.17, 15) is 22.4 Å². The lowest BCUT2D eigenvalue weighted by Crippen LogP contribution is -2.43. The Hall–Kier alpha value is -3.22. The maximum absolute atomic E-state index is 13.3. The summed E-state index contributed by atoms with van der Waals surface area (Å²) in [7, 11) is 0. The molecule has 0 radical (unpaired) electrons.